The molecule has 1 fully saturated rings. The molecule has 4 heteroatoms. The molecular formula is C13H27N3O. The van der Waals surface area contributed by atoms with Gasteiger partial charge < -0.3 is 15.4 Å². The van der Waals surface area contributed by atoms with Crippen molar-refractivity contribution in [1.29, 1.82) is 0 Å². The predicted molar refractivity (Wildman–Crippen MR) is 72.3 cm³/mol. The molecule has 0 bridgehead atoms. The van der Waals surface area contributed by atoms with Crippen molar-refractivity contribution < 1.29 is 4.74 Å². The van der Waals surface area contributed by atoms with E-state index in [1.165, 1.54) is 0 Å². The minimum absolute atomic E-state index is 0.378. The van der Waals surface area contributed by atoms with Crippen LogP contribution >= 0.6 is 0 Å². The van der Waals surface area contributed by atoms with E-state index in [2.05, 4.69) is 43.3 Å². The first-order chi connectivity index (χ1) is 8.19. The fourth-order valence-corrected chi connectivity index (χ4v) is 2.31. The third-order valence-electron chi connectivity index (χ3n) is 3.09. The summed E-state index contributed by atoms with van der Waals surface area (Å²) in [6, 6.07) is 0. The lowest BCUT2D eigenvalue weighted by Gasteiger charge is -2.21. The fraction of sp³-hybridized carbons (Fsp3) is 0.923. The summed E-state index contributed by atoms with van der Waals surface area (Å²) < 4.78 is 5.77. The molecule has 0 aromatic heterocycles. The van der Waals surface area contributed by atoms with Gasteiger partial charge in [0.1, 0.15) is 0 Å². The minimum atomic E-state index is 0.378. The lowest BCUT2D eigenvalue weighted by Crippen LogP contribution is -2.37. The smallest absolute Gasteiger partial charge is 0.191 e. The van der Waals surface area contributed by atoms with Crippen molar-refractivity contribution in [3.05, 3.63) is 0 Å². The van der Waals surface area contributed by atoms with Crippen molar-refractivity contribution in [2.24, 2.45) is 16.8 Å². The molecule has 0 amide bonds. The van der Waals surface area contributed by atoms with Crippen molar-refractivity contribution >= 4 is 5.96 Å². The van der Waals surface area contributed by atoms with Gasteiger partial charge in [0.05, 0.1) is 6.10 Å². The highest BCUT2D eigenvalue weighted by molar-refractivity contribution is 5.79. The first kappa shape index (κ1) is 14.3. The van der Waals surface area contributed by atoms with E-state index in [0.29, 0.717) is 17.9 Å². The standard InChI is InChI=1S/C13H27N3O/c1-5-14-13(15-6-2)16-9-11-7-8-17-12(11)10(3)4/h10-12H,5-9H2,1-4H3,(H2,14,15,16). The summed E-state index contributed by atoms with van der Waals surface area (Å²) in [6.07, 6.45) is 1.51. The molecule has 2 unspecified atom stereocenters. The molecule has 0 aliphatic carbocycles. The van der Waals surface area contributed by atoms with Crippen LogP contribution in [-0.2, 0) is 4.74 Å². The first-order valence-corrected chi connectivity index (χ1v) is 6.82. The van der Waals surface area contributed by atoms with Gasteiger partial charge >= 0.3 is 0 Å². The van der Waals surface area contributed by atoms with Gasteiger partial charge in [-0.15, -0.1) is 0 Å². The summed E-state index contributed by atoms with van der Waals surface area (Å²) in [7, 11) is 0. The minimum Gasteiger partial charge on any atom is -0.378 e. The van der Waals surface area contributed by atoms with E-state index in [0.717, 1.165) is 38.6 Å². The summed E-state index contributed by atoms with van der Waals surface area (Å²) in [5.74, 6) is 2.08. The lowest BCUT2D eigenvalue weighted by molar-refractivity contribution is 0.0559. The Labute approximate surface area is 105 Å². The highest BCUT2D eigenvalue weighted by atomic mass is 16.5. The van der Waals surface area contributed by atoms with Crippen LogP contribution in [0.4, 0.5) is 0 Å². The third-order valence-corrected chi connectivity index (χ3v) is 3.09. The predicted octanol–water partition coefficient (Wildman–Crippen LogP) is 1.62. The Morgan fingerprint density at radius 3 is 2.47 bits per heavy atom. The van der Waals surface area contributed by atoms with Crippen LogP contribution in [0, 0.1) is 11.8 Å². The Morgan fingerprint density at radius 2 is 1.94 bits per heavy atom. The van der Waals surface area contributed by atoms with E-state index in [1.807, 2.05) is 0 Å². The highest BCUT2D eigenvalue weighted by Gasteiger charge is 2.30. The topological polar surface area (TPSA) is 45.7 Å². The van der Waals surface area contributed by atoms with Crippen molar-refractivity contribution in [2.45, 2.75) is 40.2 Å². The number of hydrogen-bond donors (Lipinski definition) is 2. The van der Waals surface area contributed by atoms with E-state index < -0.39 is 0 Å². The van der Waals surface area contributed by atoms with Gasteiger partial charge in [0.2, 0.25) is 0 Å². The zero-order chi connectivity index (χ0) is 12.7. The molecule has 2 atom stereocenters. The van der Waals surface area contributed by atoms with Gasteiger partial charge in [-0.1, -0.05) is 13.8 Å². The van der Waals surface area contributed by atoms with Crippen LogP contribution < -0.4 is 10.6 Å². The number of ether oxygens (including phenoxy) is 1. The molecule has 100 valence electrons. The molecule has 1 aliphatic heterocycles. The van der Waals surface area contributed by atoms with Crippen LogP contribution in [0.5, 0.6) is 0 Å². The average Bonchev–Trinajstić information content (AvgIpc) is 2.74. The second kappa shape index (κ2) is 7.54. The number of aliphatic imine (C=N–C) groups is 1. The maximum atomic E-state index is 5.77. The number of nitrogens with zero attached hydrogens (tertiary/aromatic N) is 1. The quantitative estimate of drug-likeness (QED) is 0.568. The van der Waals surface area contributed by atoms with Crippen molar-refractivity contribution in [1.82, 2.24) is 10.6 Å². The van der Waals surface area contributed by atoms with Crippen LogP contribution in [0.15, 0.2) is 4.99 Å². The summed E-state index contributed by atoms with van der Waals surface area (Å²) in [4.78, 5) is 4.63. The third kappa shape index (κ3) is 4.54. The number of hydrogen-bond acceptors (Lipinski definition) is 2. The molecule has 1 heterocycles. The molecule has 17 heavy (non-hydrogen) atoms. The second-order valence-electron chi connectivity index (χ2n) is 4.88. The molecular weight excluding hydrogens is 214 g/mol. The van der Waals surface area contributed by atoms with Crippen molar-refractivity contribution in [3.8, 4) is 0 Å². The SMILES string of the molecule is CCNC(=NCC1CCOC1C(C)C)NCC. The summed E-state index contributed by atoms with van der Waals surface area (Å²) in [6.45, 7) is 12.2. The normalized spacial score (nSPS) is 23.8. The summed E-state index contributed by atoms with van der Waals surface area (Å²) >= 11 is 0. The van der Waals surface area contributed by atoms with E-state index in [-0.39, 0.29) is 0 Å². The van der Waals surface area contributed by atoms with Gasteiger partial charge in [0.25, 0.3) is 0 Å². The van der Waals surface area contributed by atoms with Crippen LogP contribution in [-0.4, -0.2) is 38.3 Å². The Balaban J connectivity index is 2.48. The molecule has 0 saturated carbocycles. The molecule has 0 radical (unpaired) electrons. The van der Waals surface area contributed by atoms with Gasteiger partial charge in [-0.2, -0.15) is 0 Å². The lowest BCUT2D eigenvalue weighted by atomic mass is 9.93. The van der Waals surface area contributed by atoms with Gasteiger partial charge in [0.15, 0.2) is 5.96 Å². The van der Waals surface area contributed by atoms with Crippen LogP contribution in [0.1, 0.15) is 34.1 Å². The highest BCUT2D eigenvalue weighted by Crippen LogP contribution is 2.26. The van der Waals surface area contributed by atoms with Crippen LogP contribution in [0.2, 0.25) is 0 Å². The molecule has 0 spiro atoms. The van der Waals surface area contributed by atoms with E-state index >= 15 is 0 Å². The Morgan fingerprint density at radius 1 is 1.29 bits per heavy atom. The Kier molecular flexibility index (Phi) is 6.34. The average molecular weight is 241 g/mol. The molecule has 1 aliphatic rings. The molecule has 1 saturated heterocycles. The zero-order valence-corrected chi connectivity index (χ0v) is 11.6. The van der Waals surface area contributed by atoms with Crippen molar-refractivity contribution in [3.63, 3.8) is 0 Å². The number of rotatable bonds is 5. The van der Waals surface area contributed by atoms with Crippen LogP contribution in [0.3, 0.4) is 0 Å². The van der Waals surface area contributed by atoms with Gasteiger partial charge in [-0.25, -0.2) is 0 Å². The first-order valence-electron chi connectivity index (χ1n) is 6.82. The molecule has 1 rings (SSSR count). The monoisotopic (exact) mass is 241 g/mol. The molecule has 4 nitrogen and oxygen atoms in total. The van der Waals surface area contributed by atoms with E-state index in [1.54, 1.807) is 0 Å². The molecule has 2 N–H and O–H groups in total. The maximum absolute atomic E-state index is 5.77. The molecule has 0 aromatic carbocycles. The van der Waals surface area contributed by atoms with E-state index in [9.17, 15) is 0 Å². The number of guanidine groups is 1. The molecule has 0 aromatic rings. The summed E-state index contributed by atoms with van der Waals surface area (Å²) in [5, 5.41) is 6.50. The zero-order valence-electron chi connectivity index (χ0n) is 11.6. The summed E-state index contributed by atoms with van der Waals surface area (Å²) in [5.41, 5.74) is 0. The van der Waals surface area contributed by atoms with Gasteiger partial charge in [-0.05, 0) is 26.2 Å². The largest absolute Gasteiger partial charge is 0.378 e. The van der Waals surface area contributed by atoms with Gasteiger partial charge in [-0.3, -0.25) is 4.99 Å². The second-order valence-corrected chi connectivity index (χ2v) is 4.88. The van der Waals surface area contributed by atoms with Crippen molar-refractivity contribution in [2.75, 3.05) is 26.2 Å². The number of nitrogens with one attached hydrogen (secondary N) is 2. The van der Waals surface area contributed by atoms with E-state index in [4.69, 9.17) is 4.74 Å². The maximum Gasteiger partial charge on any atom is 0.191 e. The Bertz CT molecular complexity index is 233. The van der Waals surface area contributed by atoms with Gasteiger partial charge in [0, 0.05) is 32.2 Å². The Hall–Kier alpha value is -0.770. The fourth-order valence-electron chi connectivity index (χ4n) is 2.31. The van der Waals surface area contributed by atoms with Crippen LogP contribution in [0.25, 0.3) is 0 Å².